The van der Waals surface area contributed by atoms with Crippen molar-refractivity contribution in [3.63, 3.8) is 0 Å². The van der Waals surface area contributed by atoms with E-state index in [1.807, 2.05) is 50.2 Å². The van der Waals surface area contributed by atoms with Gasteiger partial charge in [-0.1, -0.05) is 36.4 Å². The molecule has 0 saturated heterocycles. The van der Waals surface area contributed by atoms with Gasteiger partial charge in [-0.15, -0.1) is 0 Å². The van der Waals surface area contributed by atoms with E-state index in [2.05, 4.69) is 0 Å². The molecule has 7 heteroatoms. The molecule has 0 aliphatic carbocycles. The minimum atomic E-state index is -2.69. The summed E-state index contributed by atoms with van der Waals surface area (Å²) in [6.07, 6.45) is -1.05. The summed E-state index contributed by atoms with van der Waals surface area (Å²) in [5, 5.41) is 11.5. The van der Waals surface area contributed by atoms with Gasteiger partial charge in [0.15, 0.2) is 0 Å². The number of nitrogens with zero attached hydrogens (tertiary/aromatic N) is 1. The summed E-state index contributed by atoms with van der Waals surface area (Å²) in [7, 11) is 0. The van der Waals surface area contributed by atoms with Gasteiger partial charge in [-0.3, -0.25) is 4.90 Å². The van der Waals surface area contributed by atoms with Crippen molar-refractivity contribution in [3.8, 4) is 0 Å². The van der Waals surface area contributed by atoms with E-state index < -0.39 is 12.6 Å². The van der Waals surface area contributed by atoms with Gasteiger partial charge in [-0.05, 0) is 37.1 Å². The predicted octanol–water partition coefficient (Wildman–Crippen LogP) is 4.66. The van der Waals surface area contributed by atoms with Crippen molar-refractivity contribution in [2.45, 2.75) is 13.8 Å². The zero-order chi connectivity index (χ0) is 16.9. The quantitative estimate of drug-likeness (QED) is 0.734. The maximum absolute atomic E-state index is 11.8. The number of amides is 1. The van der Waals surface area contributed by atoms with Crippen LogP contribution in [0, 0.1) is 0 Å². The van der Waals surface area contributed by atoms with E-state index in [0.717, 1.165) is 10.8 Å². The summed E-state index contributed by atoms with van der Waals surface area (Å²) in [5.41, 5.74) is 0.587. The van der Waals surface area contributed by atoms with Crippen LogP contribution < -0.4 is 4.90 Å². The summed E-state index contributed by atoms with van der Waals surface area (Å²) >= 11 is 5.48. The van der Waals surface area contributed by atoms with E-state index >= 15 is 0 Å². The second-order valence-corrected chi connectivity index (χ2v) is 8.49. The second kappa shape index (κ2) is 7.88. The number of carboxylic acid groups (broad SMARTS) is 1. The first-order valence-electron chi connectivity index (χ1n) is 7.37. The first kappa shape index (κ1) is 17.9. The summed E-state index contributed by atoms with van der Waals surface area (Å²) in [4.78, 5) is 13.0. The van der Waals surface area contributed by atoms with Crippen molar-refractivity contribution in [2.75, 3.05) is 24.4 Å². The van der Waals surface area contributed by atoms with Gasteiger partial charge in [-0.2, -0.15) is 0 Å². The van der Waals surface area contributed by atoms with Crippen LogP contribution in [0.5, 0.6) is 0 Å². The topological polar surface area (TPSA) is 59.0 Å². The molecule has 5 nitrogen and oxygen atoms in total. The Morgan fingerprint density at radius 3 is 2.35 bits per heavy atom. The van der Waals surface area contributed by atoms with E-state index in [9.17, 15) is 9.90 Å². The van der Waals surface area contributed by atoms with Crippen molar-refractivity contribution in [3.05, 3.63) is 42.5 Å². The van der Waals surface area contributed by atoms with Crippen LogP contribution in [0.4, 0.5) is 10.5 Å². The van der Waals surface area contributed by atoms with Gasteiger partial charge in [0.1, 0.15) is 6.29 Å². The maximum Gasteiger partial charge on any atom is 0.412 e. The molecule has 0 spiro atoms. The Labute approximate surface area is 141 Å². The molecule has 23 heavy (non-hydrogen) atoms. The number of anilines is 1. The van der Waals surface area contributed by atoms with Crippen molar-refractivity contribution in [1.82, 2.24) is 0 Å². The molecule has 124 valence electrons. The molecular formula is C16H20NO4PS. The molecule has 0 atom stereocenters. The molecule has 2 rings (SSSR count). The molecular weight excluding hydrogens is 333 g/mol. The SMILES string of the molecule is CCOP(=S)(CN(C(=O)O)c1cccc2ccccc12)OCC. The molecule has 0 aromatic heterocycles. The van der Waals surface area contributed by atoms with Crippen molar-refractivity contribution in [1.29, 1.82) is 0 Å². The number of carbonyl (C=O) groups is 1. The Bertz CT molecular complexity index is 722. The lowest BCUT2D eigenvalue weighted by Gasteiger charge is -2.28. The van der Waals surface area contributed by atoms with Crippen molar-refractivity contribution >= 4 is 40.9 Å². The third-order valence-corrected chi connectivity index (χ3v) is 6.17. The molecule has 0 bridgehead atoms. The lowest BCUT2D eigenvalue weighted by Crippen LogP contribution is -2.31. The van der Waals surface area contributed by atoms with Gasteiger partial charge in [0.2, 0.25) is 6.49 Å². The maximum atomic E-state index is 11.8. The third-order valence-electron chi connectivity index (χ3n) is 3.25. The van der Waals surface area contributed by atoms with Crippen LogP contribution in [0.2, 0.25) is 0 Å². The number of hydrogen-bond donors (Lipinski definition) is 1. The summed E-state index contributed by atoms with van der Waals surface area (Å²) in [6, 6.07) is 13.2. The van der Waals surface area contributed by atoms with Crippen LogP contribution in [-0.2, 0) is 20.9 Å². The number of fused-ring (bicyclic) bond motifs is 1. The van der Waals surface area contributed by atoms with Gasteiger partial charge in [0.05, 0.1) is 18.9 Å². The number of hydrogen-bond acceptors (Lipinski definition) is 4. The molecule has 0 aliphatic heterocycles. The highest BCUT2D eigenvalue weighted by Crippen LogP contribution is 2.50. The molecule has 2 aromatic carbocycles. The average Bonchev–Trinajstić information content (AvgIpc) is 2.52. The highest BCUT2D eigenvalue weighted by atomic mass is 32.5. The lowest BCUT2D eigenvalue weighted by atomic mass is 10.1. The molecule has 2 aromatic rings. The molecule has 0 fully saturated rings. The average molecular weight is 353 g/mol. The van der Waals surface area contributed by atoms with E-state index in [0.29, 0.717) is 18.9 Å². The Balaban J connectivity index is 2.45. The summed E-state index contributed by atoms with van der Waals surface area (Å²) in [5.74, 6) is 0. The third kappa shape index (κ3) is 4.30. The van der Waals surface area contributed by atoms with E-state index in [4.69, 9.17) is 20.9 Å². The molecule has 1 amide bonds. The van der Waals surface area contributed by atoms with Gasteiger partial charge in [-0.25, -0.2) is 4.79 Å². The highest BCUT2D eigenvalue weighted by Gasteiger charge is 2.27. The molecule has 0 heterocycles. The highest BCUT2D eigenvalue weighted by molar-refractivity contribution is 8.10. The largest absolute Gasteiger partial charge is 0.465 e. The summed E-state index contributed by atoms with van der Waals surface area (Å²) in [6.45, 7) is 1.73. The molecule has 0 unspecified atom stereocenters. The van der Waals surface area contributed by atoms with E-state index in [1.54, 1.807) is 6.07 Å². The first-order valence-corrected chi connectivity index (χ1v) is 10.2. The first-order chi connectivity index (χ1) is 11.0. The van der Waals surface area contributed by atoms with Gasteiger partial charge >= 0.3 is 6.09 Å². The Hall–Kier alpha value is -1.46. The standard InChI is InChI=1S/C16H20NO4PS/c1-3-20-22(23,21-4-2)12-17(16(18)19)15-11-7-9-13-8-5-6-10-14(13)15/h5-11H,3-4,12H2,1-2H3,(H,18,19). The normalized spacial score (nSPS) is 11.6. The molecule has 0 radical (unpaired) electrons. The molecule has 0 aliphatic rings. The Kier molecular flexibility index (Phi) is 6.13. The number of rotatable bonds is 7. The Morgan fingerprint density at radius 2 is 1.74 bits per heavy atom. The van der Waals surface area contributed by atoms with Gasteiger partial charge in [0, 0.05) is 5.39 Å². The fraction of sp³-hybridized carbons (Fsp3) is 0.312. The molecule has 1 N–H and O–H groups in total. The van der Waals surface area contributed by atoms with E-state index in [-0.39, 0.29) is 6.29 Å². The van der Waals surface area contributed by atoms with Crippen LogP contribution in [0.3, 0.4) is 0 Å². The van der Waals surface area contributed by atoms with Crippen LogP contribution in [0.1, 0.15) is 13.8 Å². The second-order valence-electron chi connectivity index (χ2n) is 4.80. The zero-order valence-electron chi connectivity index (χ0n) is 13.1. The minimum Gasteiger partial charge on any atom is -0.465 e. The fourth-order valence-electron chi connectivity index (χ4n) is 2.37. The summed E-state index contributed by atoms with van der Waals surface area (Å²) < 4.78 is 11.2. The number of benzene rings is 2. The van der Waals surface area contributed by atoms with Crippen LogP contribution >= 0.6 is 6.49 Å². The van der Waals surface area contributed by atoms with Gasteiger partial charge in [0.25, 0.3) is 0 Å². The van der Waals surface area contributed by atoms with Crippen LogP contribution in [0.15, 0.2) is 42.5 Å². The van der Waals surface area contributed by atoms with Crippen LogP contribution in [0.25, 0.3) is 10.8 Å². The van der Waals surface area contributed by atoms with Crippen molar-refractivity contribution < 1.29 is 18.9 Å². The Morgan fingerprint density at radius 1 is 1.13 bits per heavy atom. The minimum absolute atomic E-state index is 0.0212. The van der Waals surface area contributed by atoms with Crippen LogP contribution in [-0.4, -0.2) is 30.7 Å². The van der Waals surface area contributed by atoms with Crippen molar-refractivity contribution in [2.24, 2.45) is 0 Å². The lowest BCUT2D eigenvalue weighted by molar-refractivity contribution is 0.201. The fourth-order valence-corrected chi connectivity index (χ4v) is 4.99. The monoisotopic (exact) mass is 353 g/mol. The van der Waals surface area contributed by atoms with Gasteiger partial charge < -0.3 is 14.2 Å². The van der Waals surface area contributed by atoms with E-state index in [1.165, 1.54) is 4.90 Å². The zero-order valence-corrected chi connectivity index (χ0v) is 14.8. The predicted molar refractivity (Wildman–Crippen MR) is 96.9 cm³/mol. The smallest absolute Gasteiger partial charge is 0.412 e. The molecule has 0 saturated carbocycles.